The van der Waals surface area contributed by atoms with Gasteiger partial charge in [0.2, 0.25) is 5.89 Å². The van der Waals surface area contributed by atoms with E-state index in [9.17, 15) is 4.79 Å². The van der Waals surface area contributed by atoms with Crippen LogP contribution in [-0.4, -0.2) is 39.0 Å². The van der Waals surface area contributed by atoms with Crippen molar-refractivity contribution in [2.24, 2.45) is 0 Å². The normalized spacial score (nSPS) is 15.4. The molecule has 0 radical (unpaired) electrons. The molecule has 1 aromatic carbocycles. The molecule has 3 heterocycles. The van der Waals surface area contributed by atoms with Crippen molar-refractivity contribution < 1.29 is 9.32 Å². The van der Waals surface area contributed by atoms with E-state index in [1.54, 1.807) is 11.8 Å². The molecule has 1 aliphatic rings. The van der Waals surface area contributed by atoms with Gasteiger partial charge in [-0.25, -0.2) is 4.98 Å². The van der Waals surface area contributed by atoms with Crippen molar-refractivity contribution in [3.63, 3.8) is 0 Å². The third-order valence-corrected chi connectivity index (χ3v) is 4.56. The highest BCUT2D eigenvalue weighted by Crippen LogP contribution is 2.29. The van der Waals surface area contributed by atoms with Gasteiger partial charge in [0.15, 0.2) is 10.8 Å². The first-order valence-corrected chi connectivity index (χ1v) is 7.47. The molecule has 106 valence electrons. The van der Waals surface area contributed by atoms with Crippen LogP contribution in [0.4, 0.5) is 0 Å². The molecule has 7 heteroatoms. The first-order valence-electron chi connectivity index (χ1n) is 6.66. The molecule has 0 aliphatic carbocycles. The van der Waals surface area contributed by atoms with E-state index in [1.165, 1.54) is 11.3 Å². The van der Waals surface area contributed by atoms with Crippen LogP contribution < -0.4 is 0 Å². The summed E-state index contributed by atoms with van der Waals surface area (Å²) in [6, 6.07) is 7.77. The Morgan fingerprint density at radius 3 is 2.86 bits per heavy atom. The number of amides is 1. The van der Waals surface area contributed by atoms with Crippen molar-refractivity contribution in [3.8, 4) is 0 Å². The Balaban J connectivity index is 1.49. The van der Waals surface area contributed by atoms with Gasteiger partial charge in [-0.1, -0.05) is 17.3 Å². The molecule has 0 saturated carbocycles. The van der Waals surface area contributed by atoms with Gasteiger partial charge in [0, 0.05) is 13.1 Å². The van der Waals surface area contributed by atoms with Crippen LogP contribution in [0, 0.1) is 6.92 Å². The molecule has 1 amide bonds. The van der Waals surface area contributed by atoms with Gasteiger partial charge in [-0.2, -0.15) is 4.98 Å². The maximum absolute atomic E-state index is 12.4. The predicted molar refractivity (Wildman–Crippen MR) is 77.3 cm³/mol. The van der Waals surface area contributed by atoms with Crippen molar-refractivity contribution in [2.75, 3.05) is 13.1 Å². The maximum Gasteiger partial charge on any atom is 0.282 e. The monoisotopic (exact) mass is 300 g/mol. The maximum atomic E-state index is 12.4. The third kappa shape index (κ3) is 2.09. The fourth-order valence-electron chi connectivity index (χ4n) is 2.38. The van der Waals surface area contributed by atoms with Crippen LogP contribution in [0.25, 0.3) is 10.2 Å². The summed E-state index contributed by atoms with van der Waals surface area (Å²) < 4.78 is 6.17. The molecule has 0 spiro atoms. The molecule has 21 heavy (non-hydrogen) atoms. The molecule has 1 saturated heterocycles. The van der Waals surface area contributed by atoms with E-state index >= 15 is 0 Å². The highest BCUT2D eigenvalue weighted by molar-refractivity contribution is 7.20. The number of carbonyl (C=O) groups excluding carboxylic acids is 1. The van der Waals surface area contributed by atoms with E-state index in [0.29, 0.717) is 29.8 Å². The minimum atomic E-state index is -0.0244. The van der Waals surface area contributed by atoms with Gasteiger partial charge in [-0.3, -0.25) is 4.79 Å². The Hall–Kier alpha value is -2.28. The topological polar surface area (TPSA) is 72.1 Å². The number of fused-ring (bicyclic) bond motifs is 1. The molecule has 3 aromatic rings. The lowest BCUT2D eigenvalue weighted by Gasteiger charge is -2.36. The minimum absolute atomic E-state index is 0.0244. The average molecular weight is 300 g/mol. The second-order valence-corrected chi connectivity index (χ2v) is 6.10. The molecule has 0 unspecified atom stereocenters. The van der Waals surface area contributed by atoms with Gasteiger partial charge in [0.05, 0.1) is 16.1 Å². The van der Waals surface area contributed by atoms with Gasteiger partial charge in [-0.05, 0) is 19.1 Å². The molecular weight excluding hydrogens is 288 g/mol. The van der Waals surface area contributed by atoms with E-state index < -0.39 is 0 Å². The lowest BCUT2D eigenvalue weighted by Crippen LogP contribution is -2.48. The average Bonchev–Trinajstić information content (AvgIpc) is 3.03. The quantitative estimate of drug-likeness (QED) is 0.725. The summed E-state index contributed by atoms with van der Waals surface area (Å²) in [6.45, 7) is 3.00. The number of hydrogen-bond donors (Lipinski definition) is 0. The van der Waals surface area contributed by atoms with Crippen LogP contribution in [-0.2, 0) is 0 Å². The van der Waals surface area contributed by atoms with E-state index in [0.717, 1.165) is 10.2 Å². The van der Waals surface area contributed by atoms with E-state index in [4.69, 9.17) is 4.52 Å². The van der Waals surface area contributed by atoms with E-state index in [-0.39, 0.29) is 11.8 Å². The highest BCUT2D eigenvalue weighted by atomic mass is 32.1. The summed E-state index contributed by atoms with van der Waals surface area (Å²) in [6.07, 6.45) is 0. The zero-order valence-electron chi connectivity index (χ0n) is 11.3. The summed E-state index contributed by atoms with van der Waals surface area (Å²) >= 11 is 1.43. The first-order chi connectivity index (χ1) is 10.2. The minimum Gasteiger partial charge on any atom is -0.339 e. The van der Waals surface area contributed by atoms with E-state index in [1.807, 2.05) is 24.3 Å². The molecular formula is C14H12N4O2S. The summed E-state index contributed by atoms with van der Waals surface area (Å²) in [4.78, 5) is 22.8. The van der Waals surface area contributed by atoms with E-state index in [2.05, 4.69) is 15.1 Å². The Bertz CT molecular complexity index is 786. The zero-order valence-corrected chi connectivity index (χ0v) is 12.1. The predicted octanol–water partition coefficient (Wildman–Crippen LogP) is 2.23. The third-order valence-electron chi connectivity index (χ3n) is 3.54. The van der Waals surface area contributed by atoms with Crippen LogP contribution in [0.2, 0.25) is 0 Å². The lowest BCUT2D eigenvalue weighted by molar-refractivity contribution is 0.0569. The highest BCUT2D eigenvalue weighted by Gasteiger charge is 2.36. The number of thiazole rings is 1. The Kier molecular flexibility index (Phi) is 2.75. The Morgan fingerprint density at radius 1 is 1.33 bits per heavy atom. The number of carbonyl (C=O) groups is 1. The van der Waals surface area contributed by atoms with Crippen molar-refractivity contribution >= 4 is 27.5 Å². The molecule has 6 nitrogen and oxygen atoms in total. The second-order valence-electron chi connectivity index (χ2n) is 5.07. The van der Waals surface area contributed by atoms with Crippen LogP contribution in [0.3, 0.4) is 0 Å². The van der Waals surface area contributed by atoms with Crippen LogP contribution >= 0.6 is 11.3 Å². The summed E-state index contributed by atoms with van der Waals surface area (Å²) in [7, 11) is 0. The molecule has 1 fully saturated rings. The van der Waals surface area contributed by atoms with Gasteiger partial charge in [-0.15, -0.1) is 11.3 Å². The molecule has 2 aromatic heterocycles. The van der Waals surface area contributed by atoms with Crippen molar-refractivity contribution in [2.45, 2.75) is 12.8 Å². The van der Waals surface area contributed by atoms with Crippen LogP contribution in [0.1, 0.15) is 27.4 Å². The fourth-order valence-corrected chi connectivity index (χ4v) is 3.31. The van der Waals surface area contributed by atoms with Gasteiger partial charge < -0.3 is 9.42 Å². The summed E-state index contributed by atoms with van der Waals surface area (Å²) in [5.74, 6) is 1.36. The Labute approximate surface area is 124 Å². The number of hydrogen-bond acceptors (Lipinski definition) is 6. The number of para-hydroxylation sites is 1. The number of likely N-dealkylation sites (tertiary alicyclic amines) is 1. The van der Waals surface area contributed by atoms with Crippen molar-refractivity contribution in [3.05, 3.63) is 41.0 Å². The number of rotatable bonds is 2. The summed E-state index contributed by atoms with van der Waals surface area (Å²) in [5, 5.41) is 4.31. The number of aryl methyl sites for hydroxylation is 1. The largest absolute Gasteiger partial charge is 0.339 e. The molecule has 1 aliphatic heterocycles. The SMILES string of the molecule is Cc1noc(C2CN(C(=O)c3nc4ccccc4s3)C2)n1. The fraction of sp³-hybridized carbons (Fsp3) is 0.286. The van der Waals surface area contributed by atoms with Gasteiger partial charge >= 0.3 is 0 Å². The molecule has 0 bridgehead atoms. The van der Waals surface area contributed by atoms with Gasteiger partial charge in [0.1, 0.15) is 0 Å². The smallest absolute Gasteiger partial charge is 0.282 e. The Morgan fingerprint density at radius 2 is 2.14 bits per heavy atom. The van der Waals surface area contributed by atoms with Crippen LogP contribution in [0.15, 0.2) is 28.8 Å². The lowest BCUT2D eigenvalue weighted by atomic mass is 10.0. The zero-order chi connectivity index (χ0) is 14.4. The standard InChI is InChI=1S/C14H12N4O2S/c1-8-15-12(20-17-8)9-6-18(7-9)14(19)13-16-10-4-2-3-5-11(10)21-13/h2-5,9H,6-7H2,1H3. The van der Waals surface area contributed by atoms with Crippen molar-refractivity contribution in [1.29, 1.82) is 0 Å². The number of nitrogens with zero attached hydrogens (tertiary/aromatic N) is 4. The van der Waals surface area contributed by atoms with Crippen molar-refractivity contribution in [1.82, 2.24) is 20.0 Å². The van der Waals surface area contributed by atoms with Gasteiger partial charge in [0.25, 0.3) is 5.91 Å². The molecule has 0 N–H and O–H groups in total. The first kappa shape index (κ1) is 12.5. The van der Waals surface area contributed by atoms with Crippen LogP contribution in [0.5, 0.6) is 0 Å². The summed E-state index contributed by atoms with van der Waals surface area (Å²) in [5.41, 5.74) is 0.871. The second kappa shape index (κ2) is 4.63. The molecule has 4 rings (SSSR count). The number of benzene rings is 1. The molecule has 0 atom stereocenters. The number of aromatic nitrogens is 3.